The summed E-state index contributed by atoms with van der Waals surface area (Å²) in [5.74, 6) is 0.288. The number of ether oxygens (including phenoxy) is 3. The molecule has 0 aliphatic carbocycles. The second-order valence-electron chi connectivity index (χ2n) is 13.1. The van der Waals surface area contributed by atoms with Crippen LogP contribution in [-0.4, -0.2) is 144 Å². The van der Waals surface area contributed by atoms with Gasteiger partial charge in [-0.15, -0.1) is 0 Å². The number of ketones is 1. The molecule has 0 aromatic heterocycles. The summed E-state index contributed by atoms with van der Waals surface area (Å²) in [5.41, 5.74) is -1.47. The average molecular weight is 646 g/mol. The molecule has 1 N–H and O–H groups in total. The highest BCUT2D eigenvalue weighted by atomic mass is 32.2. The van der Waals surface area contributed by atoms with Crippen molar-refractivity contribution >= 4 is 41.7 Å². The first-order valence-corrected chi connectivity index (χ1v) is 16.6. The van der Waals surface area contributed by atoms with E-state index in [-0.39, 0.29) is 76.7 Å². The number of nitrogens with zero attached hydrogens (tertiary/aromatic N) is 4. The molecule has 44 heavy (non-hydrogen) atoms. The summed E-state index contributed by atoms with van der Waals surface area (Å²) in [7, 11) is 0. The maximum absolute atomic E-state index is 13.2. The van der Waals surface area contributed by atoms with E-state index in [4.69, 9.17) is 14.2 Å². The van der Waals surface area contributed by atoms with Gasteiger partial charge in [0.05, 0.1) is 18.7 Å². The molecule has 1 unspecified atom stereocenters. The van der Waals surface area contributed by atoms with Gasteiger partial charge in [0, 0.05) is 52.4 Å². The Morgan fingerprint density at radius 3 is 1.50 bits per heavy atom. The standard InChI is InChI=1S/C30H55N5O8S/c1-22(2)41-26(38)33-14-12-32(21-25(37)31-24(23(3)36)11-20-44-10)13-15-34(27(39)42-29(4,5)6)18-19-35(17-16-33)28(40)43-30(7,8)9/h22,24H,11-21H2,1-10H3,(H,31,37). The molecule has 13 nitrogen and oxygen atoms in total. The lowest BCUT2D eigenvalue weighted by Gasteiger charge is -2.35. The fourth-order valence-corrected chi connectivity index (χ4v) is 4.62. The molecule has 1 aliphatic rings. The summed E-state index contributed by atoms with van der Waals surface area (Å²) in [6.07, 6.45) is 0.483. The first kappa shape index (κ1) is 39.3. The normalized spacial score (nSPS) is 16.8. The first-order valence-electron chi connectivity index (χ1n) is 15.2. The lowest BCUT2D eigenvalue weighted by molar-refractivity contribution is -0.127. The Morgan fingerprint density at radius 2 is 1.14 bits per heavy atom. The van der Waals surface area contributed by atoms with Gasteiger partial charge < -0.3 is 34.2 Å². The zero-order chi connectivity index (χ0) is 33.7. The highest BCUT2D eigenvalue weighted by Crippen LogP contribution is 2.14. The predicted molar refractivity (Wildman–Crippen MR) is 171 cm³/mol. The van der Waals surface area contributed by atoms with Gasteiger partial charge in [0.25, 0.3) is 0 Å². The lowest BCUT2D eigenvalue weighted by atomic mass is 10.1. The van der Waals surface area contributed by atoms with Gasteiger partial charge in [0.15, 0.2) is 5.78 Å². The van der Waals surface area contributed by atoms with Crippen molar-refractivity contribution in [1.29, 1.82) is 0 Å². The van der Waals surface area contributed by atoms with E-state index in [2.05, 4.69) is 5.32 Å². The van der Waals surface area contributed by atoms with Crippen molar-refractivity contribution in [3.05, 3.63) is 0 Å². The molecule has 0 saturated carbocycles. The first-order chi connectivity index (χ1) is 20.3. The zero-order valence-electron chi connectivity index (χ0n) is 28.4. The van der Waals surface area contributed by atoms with Crippen LogP contribution >= 0.6 is 11.8 Å². The summed E-state index contributed by atoms with van der Waals surface area (Å²) in [6, 6.07) is -0.586. The third kappa shape index (κ3) is 16.4. The van der Waals surface area contributed by atoms with Gasteiger partial charge in [-0.2, -0.15) is 11.8 Å². The van der Waals surface area contributed by atoms with Crippen LogP contribution in [0.3, 0.4) is 0 Å². The molecule has 0 aromatic rings. The van der Waals surface area contributed by atoms with Crippen LogP contribution in [0.4, 0.5) is 14.4 Å². The molecule has 14 heteroatoms. The third-order valence-electron chi connectivity index (χ3n) is 6.35. The minimum atomic E-state index is -0.736. The van der Waals surface area contributed by atoms with Crippen molar-refractivity contribution in [3.63, 3.8) is 0 Å². The monoisotopic (exact) mass is 645 g/mol. The third-order valence-corrected chi connectivity index (χ3v) is 7.00. The van der Waals surface area contributed by atoms with E-state index in [1.165, 1.54) is 21.6 Å². The molecule has 1 saturated heterocycles. The minimum Gasteiger partial charge on any atom is -0.447 e. The number of nitrogens with one attached hydrogen (secondary N) is 1. The van der Waals surface area contributed by atoms with Crippen LogP contribution in [0.5, 0.6) is 0 Å². The van der Waals surface area contributed by atoms with Crippen molar-refractivity contribution in [2.45, 2.75) is 92.1 Å². The van der Waals surface area contributed by atoms with Gasteiger partial charge in [-0.3, -0.25) is 14.5 Å². The molecule has 1 atom stereocenters. The summed E-state index contributed by atoms with van der Waals surface area (Å²) in [4.78, 5) is 70.9. The second kappa shape index (κ2) is 18.3. The van der Waals surface area contributed by atoms with Crippen LogP contribution in [0.15, 0.2) is 0 Å². The summed E-state index contributed by atoms with van der Waals surface area (Å²) in [6.45, 7) is 17.1. The van der Waals surface area contributed by atoms with Crippen LogP contribution in [-0.2, 0) is 23.8 Å². The summed E-state index contributed by atoms with van der Waals surface area (Å²) < 4.78 is 16.7. The molecule has 1 aliphatic heterocycles. The van der Waals surface area contributed by atoms with E-state index in [1.54, 1.807) is 67.2 Å². The molecule has 1 fully saturated rings. The van der Waals surface area contributed by atoms with E-state index >= 15 is 0 Å². The highest BCUT2D eigenvalue weighted by Gasteiger charge is 2.29. The van der Waals surface area contributed by atoms with E-state index in [9.17, 15) is 24.0 Å². The Kier molecular flexibility index (Phi) is 16.3. The van der Waals surface area contributed by atoms with Crippen LogP contribution in [0.25, 0.3) is 0 Å². The quantitative estimate of drug-likeness (QED) is 0.391. The number of carbonyl (C=O) groups excluding carboxylic acids is 5. The highest BCUT2D eigenvalue weighted by molar-refractivity contribution is 7.98. The predicted octanol–water partition coefficient (Wildman–Crippen LogP) is 3.45. The van der Waals surface area contributed by atoms with Crippen molar-refractivity contribution in [2.75, 3.05) is 70.9 Å². The van der Waals surface area contributed by atoms with Gasteiger partial charge in [-0.1, -0.05) is 0 Å². The van der Waals surface area contributed by atoms with Crippen LogP contribution in [0.2, 0.25) is 0 Å². The van der Waals surface area contributed by atoms with Gasteiger partial charge in [0.2, 0.25) is 5.91 Å². The van der Waals surface area contributed by atoms with Gasteiger partial charge in [-0.25, -0.2) is 14.4 Å². The van der Waals surface area contributed by atoms with Crippen molar-refractivity contribution in [2.24, 2.45) is 0 Å². The van der Waals surface area contributed by atoms with Crippen LogP contribution in [0, 0.1) is 0 Å². The van der Waals surface area contributed by atoms with Crippen molar-refractivity contribution in [3.8, 4) is 0 Å². The fourth-order valence-electron chi connectivity index (χ4n) is 4.15. The largest absolute Gasteiger partial charge is 0.447 e. The average Bonchev–Trinajstić information content (AvgIpc) is 2.85. The van der Waals surface area contributed by atoms with E-state index < -0.39 is 35.5 Å². The maximum Gasteiger partial charge on any atom is 0.410 e. The molecule has 254 valence electrons. The molecule has 4 amide bonds. The summed E-state index contributed by atoms with van der Waals surface area (Å²) >= 11 is 1.60. The number of Topliss-reactive ketones (excluding diaryl/α,β-unsaturated/α-hetero) is 1. The lowest BCUT2D eigenvalue weighted by Crippen LogP contribution is -2.52. The van der Waals surface area contributed by atoms with Crippen molar-refractivity contribution in [1.82, 2.24) is 24.9 Å². The second-order valence-corrected chi connectivity index (χ2v) is 14.1. The van der Waals surface area contributed by atoms with E-state index in [0.717, 1.165) is 5.75 Å². The minimum absolute atomic E-state index is 0.0394. The van der Waals surface area contributed by atoms with E-state index in [1.807, 2.05) is 11.2 Å². The number of rotatable bonds is 8. The van der Waals surface area contributed by atoms with E-state index in [0.29, 0.717) is 6.42 Å². The van der Waals surface area contributed by atoms with Crippen LogP contribution in [0.1, 0.15) is 68.7 Å². The Bertz CT molecular complexity index is 966. The Labute approximate surface area is 267 Å². The number of carbonyl (C=O) groups is 5. The van der Waals surface area contributed by atoms with Gasteiger partial charge >= 0.3 is 18.3 Å². The molecule has 0 radical (unpaired) electrons. The molecule has 0 bridgehead atoms. The zero-order valence-corrected chi connectivity index (χ0v) is 29.2. The number of amides is 4. The molecular weight excluding hydrogens is 590 g/mol. The van der Waals surface area contributed by atoms with Gasteiger partial charge in [0.1, 0.15) is 11.2 Å². The molecule has 1 heterocycles. The fraction of sp³-hybridized carbons (Fsp3) is 0.833. The molecule has 0 spiro atoms. The Hall–Kier alpha value is -2.74. The Balaban J connectivity index is 3.29. The molecular formula is C30H55N5O8S. The van der Waals surface area contributed by atoms with Gasteiger partial charge in [-0.05, 0) is 80.7 Å². The molecule has 0 aromatic carbocycles. The number of thioether (sulfide) groups is 1. The SMILES string of the molecule is CSCCC(NC(=O)CN1CCN(C(=O)OC(C)C)CCN(C(=O)OC(C)(C)C)CCN(C(=O)OC(C)(C)C)CC1)C(C)=O. The maximum atomic E-state index is 13.2. The Morgan fingerprint density at radius 1 is 0.727 bits per heavy atom. The smallest absolute Gasteiger partial charge is 0.410 e. The number of hydrogen-bond acceptors (Lipinski definition) is 10. The van der Waals surface area contributed by atoms with Crippen LogP contribution < -0.4 is 5.32 Å². The summed E-state index contributed by atoms with van der Waals surface area (Å²) in [5, 5.41) is 2.83. The number of hydrogen-bond donors (Lipinski definition) is 1. The topological polar surface area (TPSA) is 138 Å². The molecule has 1 rings (SSSR count). The van der Waals surface area contributed by atoms with Crippen molar-refractivity contribution < 1.29 is 38.2 Å².